The number of nitrogens with zero attached hydrogens (tertiary/aromatic N) is 2. The van der Waals surface area contributed by atoms with Gasteiger partial charge in [-0.25, -0.2) is 0 Å². The highest BCUT2D eigenvalue weighted by atomic mass is 16.5. The maximum atomic E-state index is 5.74. The van der Waals surface area contributed by atoms with Gasteiger partial charge in [-0.2, -0.15) is 0 Å². The molecular weight excluding hydrogens is 214 g/mol. The first kappa shape index (κ1) is 12.5. The van der Waals surface area contributed by atoms with Crippen LogP contribution >= 0.6 is 0 Å². The van der Waals surface area contributed by atoms with E-state index in [1.54, 1.807) is 0 Å². The fourth-order valence-electron chi connectivity index (χ4n) is 2.29. The van der Waals surface area contributed by atoms with Crippen LogP contribution in [-0.4, -0.2) is 48.3 Å². The van der Waals surface area contributed by atoms with Gasteiger partial charge in [0.2, 0.25) is 0 Å². The minimum Gasteiger partial charge on any atom is -0.371 e. The molecule has 0 aliphatic carbocycles. The Labute approximate surface area is 103 Å². The van der Waals surface area contributed by atoms with Gasteiger partial charge in [0.05, 0.1) is 12.2 Å². The van der Waals surface area contributed by atoms with Crippen LogP contribution in [0.3, 0.4) is 0 Å². The Bertz CT molecular complexity index is 331. The average molecular weight is 235 g/mol. The van der Waals surface area contributed by atoms with Crippen LogP contribution in [0.5, 0.6) is 0 Å². The van der Waals surface area contributed by atoms with Crippen molar-refractivity contribution in [1.29, 1.82) is 0 Å². The molecule has 1 aromatic heterocycles. The molecule has 1 aliphatic rings. The van der Waals surface area contributed by atoms with Crippen molar-refractivity contribution in [2.75, 3.05) is 26.2 Å². The molecular formula is C13H21N3O. The molecule has 0 amide bonds. The van der Waals surface area contributed by atoms with E-state index in [1.807, 2.05) is 18.5 Å². The number of nitrogens with two attached hydrogens (primary N) is 1. The van der Waals surface area contributed by atoms with E-state index in [2.05, 4.69) is 22.9 Å². The maximum Gasteiger partial charge on any atom is 0.0828 e. The van der Waals surface area contributed by atoms with Gasteiger partial charge in [0.15, 0.2) is 0 Å². The molecule has 4 nitrogen and oxygen atoms in total. The fraction of sp³-hybridized carbons (Fsp3) is 0.615. The summed E-state index contributed by atoms with van der Waals surface area (Å²) >= 11 is 0. The van der Waals surface area contributed by atoms with Crippen molar-refractivity contribution < 1.29 is 4.74 Å². The molecule has 94 valence electrons. The van der Waals surface area contributed by atoms with Crippen molar-refractivity contribution >= 4 is 0 Å². The summed E-state index contributed by atoms with van der Waals surface area (Å²) in [5.74, 6) is 0. The van der Waals surface area contributed by atoms with Crippen LogP contribution < -0.4 is 5.73 Å². The molecule has 1 aliphatic heterocycles. The van der Waals surface area contributed by atoms with Crippen LogP contribution in [0.1, 0.15) is 12.5 Å². The summed E-state index contributed by atoms with van der Waals surface area (Å²) in [4.78, 5) is 6.56. The summed E-state index contributed by atoms with van der Waals surface area (Å²) in [6.07, 6.45) is 5.26. The Hall–Kier alpha value is -0.970. The smallest absolute Gasteiger partial charge is 0.0828 e. The number of hydrogen-bond donors (Lipinski definition) is 1. The molecule has 2 rings (SSSR count). The zero-order chi connectivity index (χ0) is 12.1. The summed E-state index contributed by atoms with van der Waals surface area (Å²) in [6, 6.07) is 4.11. The van der Waals surface area contributed by atoms with Crippen molar-refractivity contribution in [2.24, 2.45) is 5.73 Å². The Balaban J connectivity index is 1.82. The Morgan fingerprint density at radius 3 is 3.12 bits per heavy atom. The lowest BCUT2D eigenvalue weighted by Crippen LogP contribution is -2.49. The molecule has 0 bridgehead atoms. The first-order chi connectivity index (χ1) is 8.28. The standard InChI is InChI=1S/C13H21N3O/c1-11-9-16(10-13(7-14)17-11)6-4-12-3-2-5-15-8-12/h2-3,5,8,11,13H,4,6-7,9-10,14H2,1H3. The normalized spacial score (nSPS) is 26.0. The molecule has 17 heavy (non-hydrogen) atoms. The highest BCUT2D eigenvalue weighted by Crippen LogP contribution is 2.11. The SMILES string of the molecule is CC1CN(CCc2cccnc2)CC(CN)O1. The van der Waals surface area contributed by atoms with Gasteiger partial charge in [-0.15, -0.1) is 0 Å². The first-order valence-electron chi connectivity index (χ1n) is 6.24. The number of hydrogen-bond acceptors (Lipinski definition) is 4. The Kier molecular flexibility index (Phi) is 4.48. The maximum absolute atomic E-state index is 5.74. The van der Waals surface area contributed by atoms with Gasteiger partial charge in [-0.1, -0.05) is 6.07 Å². The number of aromatic nitrogens is 1. The van der Waals surface area contributed by atoms with E-state index >= 15 is 0 Å². The predicted octanol–water partition coefficient (Wildman–Crippen LogP) is 0.672. The monoisotopic (exact) mass is 235 g/mol. The molecule has 1 aromatic rings. The molecule has 2 atom stereocenters. The average Bonchev–Trinajstić information content (AvgIpc) is 2.37. The van der Waals surface area contributed by atoms with Gasteiger partial charge in [0.25, 0.3) is 0 Å². The summed E-state index contributed by atoms with van der Waals surface area (Å²) in [5.41, 5.74) is 6.96. The second-order valence-electron chi connectivity index (χ2n) is 4.68. The molecule has 1 fully saturated rings. The molecule has 2 heterocycles. The minimum absolute atomic E-state index is 0.188. The van der Waals surface area contributed by atoms with Crippen LogP contribution in [0, 0.1) is 0 Å². The van der Waals surface area contributed by atoms with Crippen LogP contribution in [0.4, 0.5) is 0 Å². The van der Waals surface area contributed by atoms with Crippen molar-refractivity contribution in [3.63, 3.8) is 0 Å². The lowest BCUT2D eigenvalue weighted by atomic mass is 10.1. The largest absolute Gasteiger partial charge is 0.371 e. The van der Waals surface area contributed by atoms with E-state index in [0.29, 0.717) is 6.54 Å². The molecule has 0 saturated carbocycles. The van der Waals surface area contributed by atoms with Crippen LogP contribution in [0.25, 0.3) is 0 Å². The first-order valence-corrected chi connectivity index (χ1v) is 6.24. The Morgan fingerprint density at radius 2 is 2.41 bits per heavy atom. The zero-order valence-electron chi connectivity index (χ0n) is 10.4. The molecule has 0 aromatic carbocycles. The molecule has 2 unspecified atom stereocenters. The van der Waals surface area contributed by atoms with Crippen LogP contribution in [0.15, 0.2) is 24.5 Å². The molecule has 4 heteroatoms. The van der Waals surface area contributed by atoms with E-state index in [1.165, 1.54) is 5.56 Å². The van der Waals surface area contributed by atoms with Crippen molar-refractivity contribution in [1.82, 2.24) is 9.88 Å². The number of ether oxygens (including phenoxy) is 1. The van der Waals surface area contributed by atoms with Gasteiger partial charge in [0.1, 0.15) is 0 Å². The summed E-state index contributed by atoms with van der Waals surface area (Å²) in [5, 5.41) is 0. The molecule has 1 saturated heterocycles. The summed E-state index contributed by atoms with van der Waals surface area (Å²) in [6.45, 7) is 5.71. The van der Waals surface area contributed by atoms with Crippen molar-refractivity contribution in [2.45, 2.75) is 25.6 Å². The van der Waals surface area contributed by atoms with E-state index in [9.17, 15) is 0 Å². The number of rotatable bonds is 4. The number of morpholine rings is 1. The van der Waals surface area contributed by atoms with Crippen molar-refractivity contribution in [3.8, 4) is 0 Å². The number of pyridine rings is 1. The summed E-state index contributed by atoms with van der Waals surface area (Å²) < 4.78 is 5.74. The Morgan fingerprint density at radius 1 is 1.53 bits per heavy atom. The van der Waals surface area contributed by atoms with Gasteiger partial charge in [-0.05, 0) is 25.0 Å². The minimum atomic E-state index is 0.188. The fourth-order valence-corrected chi connectivity index (χ4v) is 2.29. The van der Waals surface area contributed by atoms with Gasteiger partial charge in [0, 0.05) is 38.6 Å². The summed E-state index contributed by atoms with van der Waals surface area (Å²) in [7, 11) is 0. The third-order valence-corrected chi connectivity index (χ3v) is 3.10. The van der Waals surface area contributed by atoms with E-state index in [-0.39, 0.29) is 12.2 Å². The zero-order valence-corrected chi connectivity index (χ0v) is 10.4. The lowest BCUT2D eigenvalue weighted by molar-refractivity contribution is -0.0716. The van der Waals surface area contributed by atoms with Gasteiger partial charge < -0.3 is 10.5 Å². The van der Waals surface area contributed by atoms with Crippen LogP contribution in [-0.2, 0) is 11.2 Å². The third-order valence-electron chi connectivity index (χ3n) is 3.10. The topological polar surface area (TPSA) is 51.4 Å². The molecule has 0 radical (unpaired) electrons. The molecule has 2 N–H and O–H groups in total. The third kappa shape index (κ3) is 3.77. The van der Waals surface area contributed by atoms with Gasteiger partial charge in [-0.3, -0.25) is 9.88 Å². The van der Waals surface area contributed by atoms with Crippen LogP contribution in [0.2, 0.25) is 0 Å². The van der Waals surface area contributed by atoms with Crippen molar-refractivity contribution in [3.05, 3.63) is 30.1 Å². The predicted molar refractivity (Wildman–Crippen MR) is 67.8 cm³/mol. The van der Waals surface area contributed by atoms with E-state index in [4.69, 9.17) is 10.5 Å². The van der Waals surface area contributed by atoms with E-state index in [0.717, 1.165) is 26.1 Å². The highest BCUT2D eigenvalue weighted by Gasteiger charge is 2.23. The molecule has 0 spiro atoms. The highest BCUT2D eigenvalue weighted by molar-refractivity contribution is 5.08. The quantitative estimate of drug-likeness (QED) is 0.833. The second-order valence-corrected chi connectivity index (χ2v) is 4.68. The second kappa shape index (κ2) is 6.10. The van der Waals surface area contributed by atoms with Gasteiger partial charge >= 0.3 is 0 Å². The van der Waals surface area contributed by atoms with E-state index < -0.39 is 0 Å². The lowest BCUT2D eigenvalue weighted by Gasteiger charge is -2.36.